The van der Waals surface area contributed by atoms with Crippen molar-refractivity contribution in [2.24, 2.45) is 5.73 Å². The number of halogens is 4. The summed E-state index contributed by atoms with van der Waals surface area (Å²) in [5.41, 5.74) is 5.78. The van der Waals surface area contributed by atoms with E-state index in [0.29, 0.717) is 6.54 Å². The van der Waals surface area contributed by atoms with Crippen LogP contribution in [0.25, 0.3) is 0 Å². The van der Waals surface area contributed by atoms with Crippen molar-refractivity contribution >= 4 is 17.5 Å². The van der Waals surface area contributed by atoms with Crippen LogP contribution in [0.1, 0.15) is 36.8 Å². The fraction of sp³-hybridized carbons (Fsp3) is 0.353. The van der Waals surface area contributed by atoms with Gasteiger partial charge < -0.3 is 15.8 Å². The van der Waals surface area contributed by atoms with Crippen LogP contribution in [0.5, 0.6) is 5.75 Å². The Morgan fingerprint density at radius 1 is 1.26 bits per heavy atom. The highest BCUT2D eigenvalue weighted by atomic mass is 35.5. The lowest BCUT2D eigenvalue weighted by Gasteiger charge is -2.20. The number of ether oxygens (including phenoxy) is 1. The summed E-state index contributed by atoms with van der Waals surface area (Å²) in [6.07, 6.45) is -0.510. The van der Waals surface area contributed by atoms with E-state index >= 15 is 0 Å². The van der Waals surface area contributed by atoms with E-state index in [1.54, 1.807) is 6.07 Å². The van der Waals surface area contributed by atoms with Crippen molar-refractivity contribution in [1.29, 1.82) is 0 Å². The van der Waals surface area contributed by atoms with Crippen molar-refractivity contribution in [3.8, 4) is 5.75 Å². The number of amides is 1. The molecule has 6 nitrogen and oxygen atoms in total. The molecule has 1 heterocycles. The lowest BCUT2D eigenvalue weighted by Crippen LogP contribution is -2.35. The summed E-state index contributed by atoms with van der Waals surface area (Å²) >= 11 is 5.73. The standard InChI is InChI=1S/C12H15ClF3NO.C5H5N3O/c1-11(2,3)17-7-8-4-5-10(9(13)6-8)18-12(14,15)16;6-5(9)4-3-7-1-2-8-4/h4-6,17H,7H2,1-3H3;1-3H,(H2,6,9). The molecule has 0 saturated heterocycles. The highest BCUT2D eigenvalue weighted by molar-refractivity contribution is 6.32. The third-order valence-corrected chi connectivity index (χ3v) is 3.16. The predicted octanol–water partition coefficient (Wildman–Crippen LogP) is 3.70. The maximum absolute atomic E-state index is 12.0. The number of hydrogen-bond acceptors (Lipinski definition) is 5. The molecule has 0 unspecified atom stereocenters. The zero-order chi connectivity index (χ0) is 20.7. The molecule has 0 bridgehead atoms. The van der Waals surface area contributed by atoms with Crippen molar-refractivity contribution in [1.82, 2.24) is 15.3 Å². The van der Waals surface area contributed by atoms with E-state index in [4.69, 9.17) is 17.3 Å². The molecule has 1 amide bonds. The third-order valence-electron chi connectivity index (χ3n) is 2.86. The topological polar surface area (TPSA) is 90.1 Å². The van der Waals surface area contributed by atoms with Gasteiger partial charge in [-0.1, -0.05) is 17.7 Å². The van der Waals surface area contributed by atoms with Gasteiger partial charge in [-0.3, -0.25) is 9.78 Å². The van der Waals surface area contributed by atoms with Gasteiger partial charge in [0.05, 0.1) is 11.2 Å². The summed E-state index contributed by atoms with van der Waals surface area (Å²) < 4.78 is 39.9. The molecule has 0 aliphatic rings. The van der Waals surface area contributed by atoms with E-state index in [0.717, 1.165) is 5.56 Å². The van der Waals surface area contributed by atoms with Gasteiger partial charge >= 0.3 is 6.36 Å². The Morgan fingerprint density at radius 2 is 1.93 bits per heavy atom. The SMILES string of the molecule is CC(C)(C)NCc1ccc(OC(F)(F)F)c(Cl)c1.NC(=O)c1cnccn1. The number of carbonyl (C=O) groups excluding carboxylic acids is 1. The number of rotatable bonds is 4. The van der Waals surface area contributed by atoms with Crippen LogP contribution in [0.15, 0.2) is 36.8 Å². The lowest BCUT2D eigenvalue weighted by atomic mass is 10.1. The fourth-order valence-electron chi connectivity index (χ4n) is 1.66. The molecule has 27 heavy (non-hydrogen) atoms. The van der Waals surface area contributed by atoms with Crippen LogP contribution in [0.3, 0.4) is 0 Å². The first-order chi connectivity index (χ1) is 12.4. The molecule has 148 valence electrons. The number of aromatic nitrogens is 2. The Kier molecular flexibility index (Phi) is 7.98. The average molecular weight is 405 g/mol. The van der Waals surface area contributed by atoms with Gasteiger partial charge in [-0.15, -0.1) is 13.2 Å². The first-order valence-electron chi connectivity index (χ1n) is 7.72. The Labute approximate surface area is 159 Å². The van der Waals surface area contributed by atoms with E-state index in [-0.39, 0.29) is 22.0 Å². The summed E-state index contributed by atoms with van der Waals surface area (Å²) in [4.78, 5) is 17.6. The van der Waals surface area contributed by atoms with Gasteiger partial charge in [0.1, 0.15) is 11.4 Å². The summed E-state index contributed by atoms with van der Waals surface area (Å²) in [6.45, 7) is 6.51. The number of hydrogen-bond donors (Lipinski definition) is 2. The number of nitrogens with one attached hydrogen (secondary N) is 1. The van der Waals surface area contributed by atoms with Gasteiger partial charge in [-0.05, 0) is 38.5 Å². The first kappa shape index (κ1) is 22.7. The zero-order valence-corrected chi connectivity index (χ0v) is 15.7. The molecule has 10 heteroatoms. The zero-order valence-electron chi connectivity index (χ0n) is 15.0. The molecule has 2 rings (SSSR count). The van der Waals surface area contributed by atoms with Crippen LogP contribution < -0.4 is 15.8 Å². The molecule has 0 spiro atoms. The quantitative estimate of drug-likeness (QED) is 0.810. The predicted molar refractivity (Wildman–Crippen MR) is 95.3 cm³/mol. The lowest BCUT2D eigenvalue weighted by molar-refractivity contribution is -0.274. The molecule has 2 aromatic rings. The van der Waals surface area contributed by atoms with Crippen LogP contribution in [0, 0.1) is 0 Å². The van der Waals surface area contributed by atoms with Gasteiger partial charge in [-0.25, -0.2) is 4.98 Å². The summed E-state index contributed by atoms with van der Waals surface area (Å²) in [6, 6.07) is 4.22. The van der Waals surface area contributed by atoms with Gasteiger partial charge in [0.15, 0.2) is 0 Å². The van der Waals surface area contributed by atoms with E-state index in [2.05, 4.69) is 20.0 Å². The Hall–Kier alpha value is -2.39. The molecule has 3 N–H and O–H groups in total. The first-order valence-corrected chi connectivity index (χ1v) is 8.10. The van der Waals surface area contributed by atoms with Gasteiger partial charge in [0.25, 0.3) is 5.91 Å². The maximum atomic E-state index is 12.0. The summed E-state index contributed by atoms with van der Waals surface area (Å²) in [5.74, 6) is -0.938. The molecular weight excluding hydrogens is 385 g/mol. The minimum absolute atomic E-state index is 0.0551. The van der Waals surface area contributed by atoms with Crippen LogP contribution in [-0.2, 0) is 6.54 Å². The number of alkyl halides is 3. The van der Waals surface area contributed by atoms with Gasteiger partial charge in [0, 0.05) is 24.5 Å². The Morgan fingerprint density at radius 3 is 2.33 bits per heavy atom. The van der Waals surface area contributed by atoms with Crippen LogP contribution in [-0.4, -0.2) is 27.8 Å². The second kappa shape index (κ2) is 9.52. The summed E-state index contributed by atoms with van der Waals surface area (Å²) in [5, 5.41) is 3.16. The van der Waals surface area contributed by atoms with Crippen molar-refractivity contribution in [2.45, 2.75) is 39.2 Å². The number of nitrogens with two attached hydrogens (primary N) is 1. The molecular formula is C17H20ClF3N4O2. The highest BCUT2D eigenvalue weighted by Crippen LogP contribution is 2.30. The molecule has 1 aromatic carbocycles. The minimum Gasteiger partial charge on any atom is -0.404 e. The molecule has 0 fully saturated rings. The van der Waals surface area contributed by atoms with Crippen LogP contribution in [0.2, 0.25) is 5.02 Å². The number of benzene rings is 1. The summed E-state index contributed by atoms with van der Waals surface area (Å²) in [7, 11) is 0. The minimum atomic E-state index is -4.73. The fourth-order valence-corrected chi connectivity index (χ4v) is 1.90. The third kappa shape index (κ3) is 9.76. The van der Waals surface area contributed by atoms with E-state index in [1.165, 1.54) is 30.7 Å². The van der Waals surface area contributed by atoms with Crippen molar-refractivity contribution < 1.29 is 22.7 Å². The average Bonchev–Trinajstić information content (AvgIpc) is 2.55. The van der Waals surface area contributed by atoms with Crippen molar-refractivity contribution in [3.63, 3.8) is 0 Å². The smallest absolute Gasteiger partial charge is 0.404 e. The Balaban J connectivity index is 0.000000337. The van der Waals surface area contributed by atoms with E-state index in [1.807, 2.05) is 20.8 Å². The number of primary amides is 1. The molecule has 0 aliphatic heterocycles. The maximum Gasteiger partial charge on any atom is 0.573 e. The second-order valence-electron chi connectivity index (χ2n) is 6.37. The number of carbonyl (C=O) groups is 1. The van der Waals surface area contributed by atoms with Crippen LogP contribution in [0.4, 0.5) is 13.2 Å². The van der Waals surface area contributed by atoms with Gasteiger partial charge in [-0.2, -0.15) is 0 Å². The molecule has 0 aliphatic carbocycles. The largest absolute Gasteiger partial charge is 0.573 e. The van der Waals surface area contributed by atoms with E-state index in [9.17, 15) is 18.0 Å². The van der Waals surface area contributed by atoms with Crippen LogP contribution >= 0.6 is 11.6 Å². The molecule has 0 atom stereocenters. The van der Waals surface area contributed by atoms with Gasteiger partial charge in [0.2, 0.25) is 0 Å². The molecule has 0 radical (unpaired) electrons. The van der Waals surface area contributed by atoms with Crippen molar-refractivity contribution in [2.75, 3.05) is 0 Å². The van der Waals surface area contributed by atoms with Crippen molar-refractivity contribution in [3.05, 3.63) is 53.1 Å². The molecule has 1 aromatic heterocycles. The normalized spacial score (nSPS) is 11.4. The Bertz CT molecular complexity index is 750. The monoisotopic (exact) mass is 404 g/mol. The second-order valence-corrected chi connectivity index (χ2v) is 6.78. The molecule has 0 saturated carbocycles. The highest BCUT2D eigenvalue weighted by Gasteiger charge is 2.32. The van der Waals surface area contributed by atoms with E-state index < -0.39 is 12.3 Å². The number of nitrogens with zero attached hydrogens (tertiary/aromatic N) is 2.